The van der Waals surface area contributed by atoms with Gasteiger partial charge in [0.05, 0.1) is 0 Å². The first-order chi connectivity index (χ1) is 10.4. The van der Waals surface area contributed by atoms with Crippen molar-refractivity contribution in [3.63, 3.8) is 0 Å². The first-order valence-corrected chi connectivity index (χ1v) is 7.77. The lowest BCUT2D eigenvalue weighted by molar-refractivity contribution is 0.241. The van der Waals surface area contributed by atoms with Gasteiger partial charge in [0, 0.05) is 37.4 Å². The predicted molar refractivity (Wildman–Crippen MR) is 86.0 cm³/mol. The predicted octanol–water partition coefficient (Wildman–Crippen LogP) is 2.96. The normalized spacial score (nSPS) is 20.5. The van der Waals surface area contributed by atoms with E-state index in [-0.39, 0.29) is 0 Å². The molecule has 2 N–H and O–H groups in total. The van der Waals surface area contributed by atoms with Gasteiger partial charge in [-0.1, -0.05) is 30.3 Å². The third-order valence-corrected chi connectivity index (χ3v) is 4.46. The number of aromatic nitrogens is 1. The maximum Gasteiger partial charge on any atom is 0.0349 e. The van der Waals surface area contributed by atoms with E-state index in [0.717, 1.165) is 13.1 Å². The highest BCUT2D eigenvalue weighted by molar-refractivity contribution is 5.21. The van der Waals surface area contributed by atoms with Crippen molar-refractivity contribution in [2.24, 2.45) is 5.73 Å². The summed E-state index contributed by atoms with van der Waals surface area (Å²) in [5, 5.41) is 0. The minimum absolute atomic E-state index is 0.411. The summed E-state index contributed by atoms with van der Waals surface area (Å²) >= 11 is 0. The van der Waals surface area contributed by atoms with E-state index in [0.29, 0.717) is 18.5 Å². The first kappa shape index (κ1) is 14.2. The molecule has 21 heavy (non-hydrogen) atoms. The maximum absolute atomic E-state index is 6.03. The van der Waals surface area contributed by atoms with Crippen LogP contribution in [0.5, 0.6) is 0 Å². The fourth-order valence-corrected chi connectivity index (χ4v) is 3.33. The Morgan fingerprint density at radius 1 is 1.14 bits per heavy atom. The summed E-state index contributed by atoms with van der Waals surface area (Å²) in [5.74, 6) is 0.411. The molecule has 2 heterocycles. The summed E-state index contributed by atoms with van der Waals surface area (Å²) in [6.45, 7) is 2.90. The van der Waals surface area contributed by atoms with Gasteiger partial charge in [-0.15, -0.1) is 0 Å². The minimum Gasteiger partial charge on any atom is -0.330 e. The third kappa shape index (κ3) is 3.31. The molecule has 0 amide bonds. The van der Waals surface area contributed by atoms with Crippen LogP contribution >= 0.6 is 0 Å². The number of rotatable bonds is 5. The number of nitrogens with two attached hydrogens (primary N) is 1. The summed E-state index contributed by atoms with van der Waals surface area (Å²) in [6, 6.07) is 15.4. The third-order valence-electron chi connectivity index (χ3n) is 4.46. The van der Waals surface area contributed by atoms with Gasteiger partial charge in [-0.05, 0) is 42.6 Å². The average Bonchev–Trinajstić information content (AvgIpc) is 3.02. The van der Waals surface area contributed by atoms with E-state index >= 15 is 0 Å². The lowest BCUT2D eigenvalue weighted by Gasteiger charge is -2.29. The van der Waals surface area contributed by atoms with E-state index in [9.17, 15) is 0 Å². The van der Waals surface area contributed by atoms with Crippen molar-refractivity contribution in [1.29, 1.82) is 0 Å². The quantitative estimate of drug-likeness (QED) is 0.916. The van der Waals surface area contributed by atoms with Crippen LogP contribution in [-0.2, 0) is 0 Å². The van der Waals surface area contributed by atoms with Crippen LogP contribution in [0.25, 0.3) is 0 Å². The number of likely N-dealkylation sites (tertiary alicyclic amines) is 1. The van der Waals surface area contributed by atoms with Crippen molar-refractivity contribution in [2.75, 3.05) is 19.6 Å². The van der Waals surface area contributed by atoms with Gasteiger partial charge in [-0.25, -0.2) is 0 Å². The molecule has 2 aromatic rings. The van der Waals surface area contributed by atoms with Crippen molar-refractivity contribution >= 4 is 0 Å². The van der Waals surface area contributed by atoms with E-state index in [1.54, 1.807) is 0 Å². The summed E-state index contributed by atoms with van der Waals surface area (Å²) in [7, 11) is 0. The molecule has 0 bridgehead atoms. The van der Waals surface area contributed by atoms with Crippen LogP contribution in [-0.4, -0.2) is 29.5 Å². The van der Waals surface area contributed by atoms with E-state index in [1.807, 2.05) is 12.4 Å². The van der Waals surface area contributed by atoms with Gasteiger partial charge in [0.15, 0.2) is 0 Å². The second-order valence-electron chi connectivity index (χ2n) is 5.78. The molecule has 3 nitrogen and oxygen atoms in total. The highest BCUT2D eigenvalue weighted by Gasteiger charge is 2.27. The van der Waals surface area contributed by atoms with Crippen molar-refractivity contribution in [3.05, 3.63) is 66.0 Å². The Bertz CT molecular complexity index is 541. The van der Waals surface area contributed by atoms with Crippen molar-refractivity contribution in [3.8, 4) is 0 Å². The van der Waals surface area contributed by atoms with Gasteiger partial charge in [0.1, 0.15) is 0 Å². The Morgan fingerprint density at radius 3 is 2.62 bits per heavy atom. The Labute approximate surface area is 126 Å². The number of hydrogen-bond donors (Lipinski definition) is 1. The maximum atomic E-state index is 6.03. The highest BCUT2D eigenvalue weighted by atomic mass is 15.2. The summed E-state index contributed by atoms with van der Waals surface area (Å²) in [4.78, 5) is 6.71. The fraction of sp³-hybridized carbons (Fsp3) is 0.389. The van der Waals surface area contributed by atoms with E-state index < -0.39 is 0 Å². The molecule has 1 aliphatic rings. The lowest BCUT2D eigenvalue weighted by Crippen LogP contribution is -2.31. The SMILES string of the molecule is NCC(CN1CCCC1c1ccncc1)c1ccccc1. The van der Waals surface area contributed by atoms with Crippen LogP contribution in [0.15, 0.2) is 54.9 Å². The first-order valence-electron chi connectivity index (χ1n) is 7.77. The summed E-state index contributed by atoms with van der Waals surface area (Å²) in [6.07, 6.45) is 6.28. The molecule has 2 unspecified atom stereocenters. The largest absolute Gasteiger partial charge is 0.330 e. The molecule has 1 aliphatic heterocycles. The second kappa shape index (κ2) is 6.83. The van der Waals surface area contributed by atoms with Crippen LogP contribution in [0.1, 0.15) is 35.9 Å². The highest BCUT2D eigenvalue weighted by Crippen LogP contribution is 2.33. The summed E-state index contributed by atoms with van der Waals surface area (Å²) < 4.78 is 0. The molecule has 3 rings (SSSR count). The van der Waals surface area contributed by atoms with Gasteiger partial charge < -0.3 is 5.73 Å². The second-order valence-corrected chi connectivity index (χ2v) is 5.78. The Balaban J connectivity index is 1.74. The molecule has 0 radical (unpaired) electrons. The van der Waals surface area contributed by atoms with Crippen molar-refractivity contribution in [1.82, 2.24) is 9.88 Å². The molecule has 1 aromatic carbocycles. The standard InChI is InChI=1S/C18H23N3/c19-13-17(15-5-2-1-3-6-15)14-21-12-4-7-18(21)16-8-10-20-11-9-16/h1-3,5-6,8-11,17-18H,4,7,12-14,19H2. The molecule has 110 valence electrons. The lowest BCUT2D eigenvalue weighted by atomic mass is 9.97. The Kier molecular flexibility index (Phi) is 4.63. The minimum atomic E-state index is 0.411. The van der Waals surface area contributed by atoms with E-state index in [4.69, 9.17) is 5.73 Å². The molecule has 1 fully saturated rings. The van der Waals surface area contributed by atoms with Gasteiger partial charge in [0.2, 0.25) is 0 Å². The average molecular weight is 281 g/mol. The van der Waals surface area contributed by atoms with E-state index in [1.165, 1.54) is 24.0 Å². The molecular formula is C18H23N3. The molecule has 2 atom stereocenters. The molecule has 1 saturated heterocycles. The van der Waals surface area contributed by atoms with Crippen molar-refractivity contribution in [2.45, 2.75) is 24.8 Å². The topological polar surface area (TPSA) is 42.1 Å². The fourth-order valence-electron chi connectivity index (χ4n) is 3.33. The molecular weight excluding hydrogens is 258 g/mol. The number of nitrogens with zero attached hydrogens (tertiary/aromatic N) is 2. The van der Waals surface area contributed by atoms with Gasteiger partial charge in [-0.3, -0.25) is 9.88 Å². The monoisotopic (exact) mass is 281 g/mol. The molecule has 1 aromatic heterocycles. The zero-order valence-electron chi connectivity index (χ0n) is 12.4. The van der Waals surface area contributed by atoms with Gasteiger partial charge >= 0.3 is 0 Å². The Morgan fingerprint density at radius 2 is 1.90 bits per heavy atom. The van der Waals surface area contributed by atoms with Crippen LogP contribution in [0, 0.1) is 0 Å². The van der Waals surface area contributed by atoms with Crippen LogP contribution in [0.4, 0.5) is 0 Å². The molecule has 0 saturated carbocycles. The number of benzene rings is 1. The number of pyridine rings is 1. The van der Waals surface area contributed by atoms with Crippen LogP contribution < -0.4 is 5.73 Å². The van der Waals surface area contributed by atoms with Gasteiger partial charge in [-0.2, -0.15) is 0 Å². The Hall–Kier alpha value is -1.71. The van der Waals surface area contributed by atoms with Crippen molar-refractivity contribution < 1.29 is 0 Å². The number of hydrogen-bond acceptors (Lipinski definition) is 3. The molecule has 0 spiro atoms. The van der Waals surface area contributed by atoms with Crippen LogP contribution in [0.3, 0.4) is 0 Å². The zero-order valence-corrected chi connectivity index (χ0v) is 12.4. The summed E-state index contributed by atoms with van der Waals surface area (Å²) in [5.41, 5.74) is 8.76. The zero-order chi connectivity index (χ0) is 14.5. The van der Waals surface area contributed by atoms with Gasteiger partial charge in [0.25, 0.3) is 0 Å². The smallest absolute Gasteiger partial charge is 0.0349 e. The van der Waals surface area contributed by atoms with E-state index in [2.05, 4.69) is 52.3 Å². The molecule has 3 heteroatoms. The van der Waals surface area contributed by atoms with Crippen LogP contribution in [0.2, 0.25) is 0 Å². The molecule has 0 aliphatic carbocycles.